The zero-order valence-corrected chi connectivity index (χ0v) is 16.8. The quantitative estimate of drug-likeness (QED) is 0.673. The fraction of sp³-hybridized carbons (Fsp3) is 0.636. The van der Waals surface area contributed by atoms with Gasteiger partial charge in [-0.2, -0.15) is 0 Å². The average molecular weight is 376 g/mol. The molecule has 0 unspecified atom stereocenters. The van der Waals surface area contributed by atoms with Crippen LogP contribution in [0.4, 0.5) is 4.79 Å². The number of aldehydes is 1. The van der Waals surface area contributed by atoms with E-state index in [-0.39, 0.29) is 6.04 Å². The first-order chi connectivity index (χ1) is 12.9. The van der Waals surface area contributed by atoms with E-state index in [0.717, 1.165) is 31.1 Å². The number of rotatable bonds is 8. The van der Waals surface area contributed by atoms with Crippen LogP contribution in [0.15, 0.2) is 30.3 Å². The van der Waals surface area contributed by atoms with Crippen molar-refractivity contribution in [3.05, 3.63) is 35.9 Å². The van der Waals surface area contributed by atoms with Crippen LogP contribution in [0.25, 0.3) is 0 Å². The van der Waals surface area contributed by atoms with E-state index in [1.165, 1.54) is 19.3 Å². The largest absolute Gasteiger partial charge is 0.444 e. The van der Waals surface area contributed by atoms with E-state index in [4.69, 9.17) is 9.47 Å². The Labute approximate surface area is 162 Å². The lowest BCUT2D eigenvalue weighted by molar-refractivity contribution is -0.121. The van der Waals surface area contributed by atoms with E-state index < -0.39 is 17.8 Å². The fourth-order valence-corrected chi connectivity index (χ4v) is 3.53. The minimum Gasteiger partial charge on any atom is -0.444 e. The van der Waals surface area contributed by atoms with Gasteiger partial charge in [0.15, 0.2) is 6.29 Å². The van der Waals surface area contributed by atoms with Crippen LogP contribution < -0.4 is 5.32 Å². The van der Waals surface area contributed by atoms with Crippen LogP contribution in [0.5, 0.6) is 0 Å². The molecule has 0 aromatic heterocycles. The van der Waals surface area contributed by atoms with Crippen molar-refractivity contribution in [1.82, 2.24) is 5.32 Å². The number of carbonyl (C=O) groups is 2. The maximum atomic E-state index is 12.3. The summed E-state index contributed by atoms with van der Waals surface area (Å²) < 4.78 is 11.3. The molecule has 0 heterocycles. The van der Waals surface area contributed by atoms with Crippen molar-refractivity contribution in [2.45, 2.75) is 83.6 Å². The predicted molar refractivity (Wildman–Crippen MR) is 105 cm³/mol. The van der Waals surface area contributed by atoms with E-state index in [9.17, 15) is 9.59 Å². The van der Waals surface area contributed by atoms with Gasteiger partial charge in [-0.05, 0) is 38.7 Å². The summed E-state index contributed by atoms with van der Waals surface area (Å²) in [5.74, 6) is 0.501. The Morgan fingerprint density at radius 3 is 2.44 bits per heavy atom. The van der Waals surface area contributed by atoms with Crippen molar-refractivity contribution in [1.29, 1.82) is 0 Å². The summed E-state index contributed by atoms with van der Waals surface area (Å²) in [6.45, 7) is 5.81. The Bertz CT molecular complexity index is 576. The predicted octanol–water partition coefficient (Wildman–Crippen LogP) is 4.63. The molecule has 0 radical (unpaired) electrons. The lowest BCUT2D eigenvalue weighted by Crippen LogP contribution is -2.48. The summed E-state index contributed by atoms with van der Waals surface area (Å²) in [5.41, 5.74) is 0.416. The fourth-order valence-electron chi connectivity index (χ4n) is 3.53. The highest BCUT2D eigenvalue weighted by Crippen LogP contribution is 2.28. The minimum atomic E-state index is -0.695. The Morgan fingerprint density at radius 1 is 1.19 bits per heavy atom. The molecule has 1 saturated carbocycles. The van der Waals surface area contributed by atoms with Crippen LogP contribution in [-0.4, -0.2) is 30.1 Å². The summed E-state index contributed by atoms with van der Waals surface area (Å²) in [6, 6.07) is 9.35. The lowest BCUT2D eigenvalue weighted by Gasteiger charge is -2.31. The van der Waals surface area contributed by atoms with Gasteiger partial charge in [0.25, 0.3) is 0 Å². The smallest absolute Gasteiger partial charge is 0.407 e. The summed E-state index contributed by atoms with van der Waals surface area (Å²) >= 11 is 0. The van der Waals surface area contributed by atoms with Gasteiger partial charge in [0.1, 0.15) is 11.7 Å². The number of amides is 1. The normalized spacial score (nSPS) is 17.7. The molecule has 2 atom stereocenters. The molecule has 1 aromatic carbocycles. The van der Waals surface area contributed by atoms with Crippen molar-refractivity contribution in [3.63, 3.8) is 0 Å². The molecule has 2 rings (SSSR count). The topological polar surface area (TPSA) is 64.6 Å². The number of nitrogens with one attached hydrogen (secondary N) is 1. The molecule has 1 aliphatic rings. The van der Waals surface area contributed by atoms with Gasteiger partial charge in [-0.15, -0.1) is 0 Å². The van der Waals surface area contributed by atoms with E-state index >= 15 is 0 Å². The Hall–Kier alpha value is -1.88. The van der Waals surface area contributed by atoms with Crippen LogP contribution in [0.3, 0.4) is 0 Å². The second-order valence-electron chi connectivity index (χ2n) is 8.39. The molecule has 5 nitrogen and oxygen atoms in total. The molecule has 5 heteroatoms. The summed E-state index contributed by atoms with van der Waals surface area (Å²) in [6.07, 6.45) is 6.29. The van der Waals surface area contributed by atoms with Gasteiger partial charge in [-0.3, -0.25) is 0 Å². The maximum absolute atomic E-state index is 12.3. The van der Waals surface area contributed by atoms with Gasteiger partial charge < -0.3 is 19.6 Å². The third-order valence-electron chi connectivity index (χ3n) is 4.83. The molecule has 1 aliphatic carbocycles. The molecule has 1 amide bonds. The van der Waals surface area contributed by atoms with Crippen LogP contribution in [0.1, 0.15) is 64.9 Å². The van der Waals surface area contributed by atoms with Gasteiger partial charge >= 0.3 is 6.09 Å². The van der Waals surface area contributed by atoms with Gasteiger partial charge in [0.2, 0.25) is 0 Å². The molecule has 1 fully saturated rings. The Morgan fingerprint density at radius 2 is 1.85 bits per heavy atom. The van der Waals surface area contributed by atoms with Gasteiger partial charge in [0.05, 0.1) is 12.6 Å². The van der Waals surface area contributed by atoms with E-state index in [1.807, 2.05) is 51.1 Å². The van der Waals surface area contributed by atoms with Crippen LogP contribution in [0.2, 0.25) is 0 Å². The number of benzene rings is 1. The molecule has 1 N–H and O–H groups in total. The van der Waals surface area contributed by atoms with Gasteiger partial charge in [-0.25, -0.2) is 4.79 Å². The second-order valence-corrected chi connectivity index (χ2v) is 8.39. The van der Waals surface area contributed by atoms with Gasteiger partial charge in [0, 0.05) is 0 Å². The molecule has 27 heavy (non-hydrogen) atoms. The van der Waals surface area contributed by atoms with Crippen molar-refractivity contribution in [3.8, 4) is 0 Å². The number of carbonyl (C=O) groups excluding carboxylic acids is 2. The first-order valence-corrected chi connectivity index (χ1v) is 9.98. The SMILES string of the molecule is CC(C)(C)OC(=O)N[C@H](CC1CCCCC1)[C@@H](C=O)OCc1ccccc1. The lowest BCUT2D eigenvalue weighted by atomic mass is 9.84. The number of ether oxygens (including phenoxy) is 2. The third-order valence-corrected chi connectivity index (χ3v) is 4.83. The minimum absolute atomic E-state index is 0.335. The molecule has 1 aromatic rings. The van der Waals surface area contributed by atoms with Crippen LogP contribution >= 0.6 is 0 Å². The maximum Gasteiger partial charge on any atom is 0.407 e. The van der Waals surface area contributed by atoms with Crippen molar-refractivity contribution < 1.29 is 19.1 Å². The van der Waals surface area contributed by atoms with Crippen LogP contribution in [-0.2, 0) is 20.9 Å². The van der Waals surface area contributed by atoms with Crippen molar-refractivity contribution in [2.75, 3.05) is 0 Å². The Kier molecular flexibility index (Phi) is 8.29. The van der Waals surface area contributed by atoms with Crippen LogP contribution in [0, 0.1) is 5.92 Å². The summed E-state index contributed by atoms with van der Waals surface area (Å²) in [4.78, 5) is 24.1. The molecule has 0 saturated heterocycles. The first kappa shape index (κ1) is 21.4. The molecular formula is C22H33NO4. The van der Waals surface area contributed by atoms with Gasteiger partial charge in [-0.1, -0.05) is 62.4 Å². The van der Waals surface area contributed by atoms with E-state index in [1.54, 1.807) is 0 Å². The van der Waals surface area contributed by atoms with Crippen molar-refractivity contribution >= 4 is 12.4 Å². The number of hydrogen-bond acceptors (Lipinski definition) is 4. The first-order valence-electron chi connectivity index (χ1n) is 9.98. The molecular weight excluding hydrogens is 342 g/mol. The second kappa shape index (κ2) is 10.5. The summed E-state index contributed by atoms with van der Waals surface area (Å²) in [5, 5.41) is 2.89. The molecule has 0 bridgehead atoms. The Balaban J connectivity index is 2.02. The molecule has 0 spiro atoms. The average Bonchev–Trinajstić information content (AvgIpc) is 2.62. The highest BCUT2D eigenvalue weighted by molar-refractivity contribution is 5.69. The third kappa shape index (κ3) is 8.12. The highest BCUT2D eigenvalue weighted by atomic mass is 16.6. The molecule has 150 valence electrons. The summed E-state index contributed by atoms with van der Waals surface area (Å²) in [7, 11) is 0. The van der Waals surface area contributed by atoms with E-state index in [0.29, 0.717) is 12.5 Å². The highest BCUT2D eigenvalue weighted by Gasteiger charge is 2.29. The zero-order chi connectivity index (χ0) is 19.7. The molecule has 0 aliphatic heterocycles. The monoisotopic (exact) mass is 375 g/mol. The standard InChI is InChI=1S/C22H33NO4/c1-22(2,3)27-21(25)23-19(14-17-10-6-4-7-11-17)20(15-24)26-16-18-12-8-5-9-13-18/h5,8-9,12-13,15,17,19-20H,4,6-7,10-11,14,16H2,1-3H3,(H,23,25)/t19-,20-/m1/s1. The zero-order valence-electron chi connectivity index (χ0n) is 16.8. The number of alkyl carbamates (subject to hydrolysis) is 1. The van der Waals surface area contributed by atoms with E-state index in [2.05, 4.69) is 5.32 Å². The number of hydrogen-bond donors (Lipinski definition) is 1. The van der Waals surface area contributed by atoms with Crippen molar-refractivity contribution in [2.24, 2.45) is 5.92 Å².